The highest BCUT2D eigenvalue weighted by Gasteiger charge is 2.29. The van der Waals surface area contributed by atoms with E-state index in [1.807, 2.05) is 0 Å². The summed E-state index contributed by atoms with van der Waals surface area (Å²) >= 11 is 1.55. The lowest BCUT2D eigenvalue weighted by molar-refractivity contribution is -0.116. The van der Waals surface area contributed by atoms with Gasteiger partial charge in [0.05, 0.1) is 6.61 Å². The first-order valence-corrected chi connectivity index (χ1v) is 9.07. The molecule has 22 heavy (non-hydrogen) atoms. The van der Waals surface area contributed by atoms with Gasteiger partial charge in [0.25, 0.3) is 0 Å². The number of carbonyl (C=O) groups is 1. The van der Waals surface area contributed by atoms with Crippen LogP contribution in [0.15, 0.2) is 23.1 Å². The number of hydrogen-bond acceptors (Lipinski definition) is 3. The Morgan fingerprint density at radius 3 is 2.36 bits per heavy atom. The lowest BCUT2D eigenvalue weighted by Gasteiger charge is -2.28. The number of unbranched alkanes of at least 4 members (excludes halogenated alkanes) is 2. The van der Waals surface area contributed by atoms with Gasteiger partial charge in [-0.05, 0) is 36.6 Å². The third-order valence-corrected chi connectivity index (χ3v) is 5.44. The molecule has 4 heteroatoms. The van der Waals surface area contributed by atoms with Crippen LogP contribution < -0.4 is 0 Å². The first-order chi connectivity index (χ1) is 10.6. The fourth-order valence-corrected chi connectivity index (χ4v) is 3.79. The third kappa shape index (κ3) is 5.73. The van der Waals surface area contributed by atoms with E-state index in [4.69, 9.17) is 0 Å². The Labute approximate surface area is 137 Å². The molecule has 0 aliphatic rings. The molecular formula is C18H27FO2S. The molecule has 0 spiro atoms. The van der Waals surface area contributed by atoms with E-state index >= 15 is 0 Å². The van der Waals surface area contributed by atoms with Crippen molar-refractivity contribution in [3.8, 4) is 0 Å². The predicted molar refractivity (Wildman–Crippen MR) is 90.6 cm³/mol. The zero-order chi connectivity index (χ0) is 16.4. The van der Waals surface area contributed by atoms with E-state index in [0.29, 0.717) is 11.3 Å². The Balaban J connectivity index is 2.83. The molecule has 0 amide bonds. The highest BCUT2D eigenvalue weighted by molar-refractivity contribution is 7.99. The summed E-state index contributed by atoms with van der Waals surface area (Å²) in [5.41, 5.74) is 0.286. The second kappa shape index (κ2) is 10.0. The van der Waals surface area contributed by atoms with Crippen LogP contribution in [0.4, 0.5) is 4.39 Å². The van der Waals surface area contributed by atoms with Crippen molar-refractivity contribution in [2.75, 3.05) is 5.75 Å². The van der Waals surface area contributed by atoms with Gasteiger partial charge >= 0.3 is 0 Å². The van der Waals surface area contributed by atoms with Crippen LogP contribution in [0.1, 0.15) is 57.9 Å². The predicted octanol–water partition coefficient (Wildman–Crippen LogP) is 4.98. The van der Waals surface area contributed by atoms with Gasteiger partial charge in [0.15, 0.2) is 0 Å². The topological polar surface area (TPSA) is 37.3 Å². The number of aliphatic hydroxyl groups is 1. The number of carbonyl (C=O) groups excluding carboxylic acids is 1. The SMILES string of the molecule is CCCCC(C=O)(CCCC)CSc1ccc(F)cc1CO. The number of hydrogen-bond donors (Lipinski definition) is 1. The summed E-state index contributed by atoms with van der Waals surface area (Å²) in [6, 6.07) is 4.46. The van der Waals surface area contributed by atoms with Gasteiger partial charge in [0, 0.05) is 16.1 Å². The molecule has 0 aromatic heterocycles. The van der Waals surface area contributed by atoms with E-state index in [9.17, 15) is 14.3 Å². The molecule has 1 aromatic carbocycles. The molecular weight excluding hydrogens is 299 g/mol. The number of aldehydes is 1. The maximum atomic E-state index is 13.2. The molecule has 0 unspecified atom stereocenters. The van der Waals surface area contributed by atoms with E-state index < -0.39 is 0 Å². The standard InChI is InChI=1S/C18H27FO2S/c1-3-5-9-18(13-21,10-6-4-2)14-22-17-8-7-16(19)11-15(17)12-20/h7-8,11,13,20H,3-6,9-10,12,14H2,1-2H3. The molecule has 1 aromatic rings. The van der Waals surface area contributed by atoms with E-state index in [0.717, 1.165) is 49.7 Å². The minimum atomic E-state index is -0.341. The first kappa shape index (κ1) is 19.2. The number of aliphatic hydroxyl groups excluding tert-OH is 1. The summed E-state index contributed by atoms with van der Waals surface area (Å²) in [6.07, 6.45) is 7.15. The van der Waals surface area contributed by atoms with Gasteiger partial charge in [-0.3, -0.25) is 0 Å². The minimum Gasteiger partial charge on any atom is -0.392 e. The summed E-state index contributed by atoms with van der Waals surface area (Å²) in [4.78, 5) is 12.6. The van der Waals surface area contributed by atoms with Crippen LogP contribution in [-0.4, -0.2) is 17.1 Å². The number of thioether (sulfide) groups is 1. The summed E-state index contributed by atoms with van der Waals surface area (Å²) in [5, 5.41) is 9.36. The van der Waals surface area contributed by atoms with Crippen molar-refractivity contribution in [2.24, 2.45) is 5.41 Å². The van der Waals surface area contributed by atoms with Gasteiger partial charge in [0.2, 0.25) is 0 Å². The molecule has 0 radical (unpaired) electrons. The van der Waals surface area contributed by atoms with Crippen molar-refractivity contribution in [2.45, 2.75) is 63.9 Å². The first-order valence-electron chi connectivity index (χ1n) is 8.09. The van der Waals surface area contributed by atoms with Gasteiger partial charge in [-0.1, -0.05) is 39.5 Å². The van der Waals surface area contributed by atoms with Crippen LogP contribution in [-0.2, 0) is 11.4 Å². The highest BCUT2D eigenvalue weighted by atomic mass is 32.2. The molecule has 1 rings (SSSR count). The van der Waals surface area contributed by atoms with Crippen LogP contribution in [0.3, 0.4) is 0 Å². The molecule has 0 fully saturated rings. The van der Waals surface area contributed by atoms with Gasteiger partial charge < -0.3 is 9.90 Å². The van der Waals surface area contributed by atoms with Crippen LogP contribution in [0.5, 0.6) is 0 Å². The number of halogens is 1. The second-order valence-electron chi connectivity index (χ2n) is 5.89. The maximum absolute atomic E-state index is 13.2. The normalized spacial score (nSPS) is 11.6. The van der Waals surface area contributed by atoms with Crippen LogP contribution >= 0.6 is 11.8 Å². The molecule has 124 valence electrons. The zero-order valence-corrected chi connectivity index (χ0v) is 14.4. The quantitative estimate of drug-likeness (QED) is 0.460. The summed E-state index contributed by atoms with van der Waals surface area (Å²) in [6.45, 7) is 4.08. The van der Waals surface area contributed by atoms with Crippen molar-refractivity contribution in [1.29, 1.82) is 0 Å². The van der Waals surface area contributed by atoms with Gasteiger partial charge in [-0.15, -0.1) is 11.8 Å². The number of rotatable bonds is 11. The van der Waals surface area contributed by atoms with E-state index in [1.54, 1.807) is 17.8 Å². The smallest absolute Gasteiger partial charge is 0.126 e. The lowest BCUT2D eigenvalue weighted by Crippen LogP contribution is -2.26. The Bertz CT molecular complexity index is 454. The molecule has 1 N–H and O–H groups in total. The Hall–Kier alpha value is -0.870. The van der Waals surface area contributed by atoms with Gasteiger partial charge in [-0.2, -0.15) is 0 Å². The fourth-order valence-electron chi connectivity index (χ4n) is 2.51. The molecule has 0 atom stereocenters. The summed E-state index contributed by atoms with van der Waals surface area (Å²) in [7, 11) is 0. The van der Waals surface area contributed by atoms with Gasteiger partial charge in [-0.25, -0.2) is 4.39 Å². The maximum Gasteiger partial charge on any atom is 0.126 e. The Morgan fingerprint density at radius 1 is 1.23 bits per heavy atom. The van der Waals surface area contributed by atoms with Crippen molar-refractivity contribution in [3.63, 3.8) is 0 Å². The Morgan fingerprint density at radius 2 is 1.86 bits per heavy atom. The van der Waals surface area contributed by atoms with Crippen LogP contribution in [0, 0.1) is 11.2 Å². The zero-order valence-electron chi connectivity index (χ0n) is 13.6. The molecule has 0 saturated heterocycles. The molecule has 0 saturated carbocycles. The fraction of sp³-hybridized carbons (Fsp3) is 0.611. The molecule has 0 aliphatic carbocycles. The average molecular weight is 326 g/mol. The third-order valence-electron chi connectivity index (χ3n) is 4.01. The van der Waals surface area contributed by atoms with Crippen molar-refractivity contribution >= 4 is 18.0 Å². The van der Waals surface area contributed by atoms with Crippen molar-refractivity contribution in [1.82, 2.24) is 0 Å². The van der Waals surface area contributed by atoms with E-state index in [2.05, 4.69) is 13.8 Å². The highest BCUT2D eigenvalue weighted by Crippen LogP contribution is 2.36. The van der Waals surface area contributed by atoms with E-state index in [1.165, 1.54) is 12.1 Å². The number of benzene rings is 1. The second-order valence-corrected chi connectivity index (χ2v) is 6.90. The lowest BCUT2D eigenvalue weighted by atomic mass is 9.81. The van der Waals surface area contributed by atoms with Gasteiger partial charge in [0.1, 0.15) is 12.1 Å². The average Bonchev–Trinajstić information content (AvgIpc) is 2.55. The van der Waals surface area contributed by atoms with Crippen molar-refractivity contribution in [3.05, 3.63) is 29.6 Å². The molecule has 0 heterocycles. The summed E-state index contributed by atoms with van der Waals surface area (Å²) in [5.74, 6) is 0.349. The monoisotopic (exact) mass is 326 g/mol. The van der Waals surface area contributed by atoms with E-state index in [-0.39, 0.29) is 17.8 Å². The van der Waals surface area contributed by atoms with Crippen LogP contribution in [0.25, 0.3) is 0 Å². The Kier molecular flexibility index (Phi) is 8.72. The summed E-state index contributed by atoms with van der Waals surface area (Å²) < 4.78 is 13.2. The minimum absolute atomic E-state index is 0.182. The molecule has 0 bridgehead atoms. The molecule has 0 aliphatic heterocycles. The molecule has 2 nitrogen and oxygen atoms in total. The van der Waals surface area contributed by atoms with Crippen molar-refractivity contribution < 1.29 is 14.3 Å². The van der Waals surface area contributed by atoms with Crippen LogP contribution in [0.2, 0.25) is 0 Å². The largest absolute Gasteiger partial charge is 0.392 e.